The van der Waals surface area contributed by atoms with Crippen LogP contribution in [-0.2, 0) is 6.54 Å². The maximum absolute atomic E-state index is 13.1. The molecule has 0 amide bonds. The lowest BCUT2D eigenvalue weighted by Gasteiger charge is -2.42. The summed E-state index contributed by atoms with van der Waals surface area (Å²) in [5.41, 5.74) is 2.92. The third-order valence-electron chi connectivity index (χ3n) is 5.91. The summed E-state index contributed by atoms with van der Waals surface area (Å²) < 4.78 is 3.21. The molecule has 0 spiro atoms. The highest BCUT2D eigenvalue weighted by Crippen LogP contribution is 2.39. The van der Waals surface area contributed by atoms with Crippen LogP contribution in [0.1, 0.15) is 18.0 Å². The van der Waals surface area contributed by atoms with Crippen LogP contribution in [0.25, 0.3) is 21.6 Å². The predicted octanol–water partition coefficient (Wildman–Crippen LogP) is 3.47. The van der Waals surface area contributed by atoms with Gasteiger partial charge in [-0.2, -0.15) is 0 Å². The van der Waals surface area contributed by atoms with E-state index < -0.39 is 0 Å². The molecular weight excluding hydrogens is 370 g/mol. The van der Waals surface area contributed by atoms with Crippen LogP contribution in [0.4, 0.5) is 5.13 Å². The van der Waals surface area contributed by atoms with E-state index in [0.29, 0.717) is 23.2 Å². The number of hydrogen-bond donors (Lipinski definition) is 1. The molecule has 3 aromatic heterocycles. The number of thiazole rings is 1. The molecule has 6 rings (SSSR count). The molecule has 1 saturated heterocycles. The molecular formula is C21H19N5OS. The normalized spacial score (nSPS) is 21.1. The van der Waals surface area contributed by atoms with Gasteiger partial charge in [0.1, 0.15) is 5.82 Å². The Bertz CT molecular complexity index is 1190. The van der Waals surface area contributed by atoms with E-state index in [1.165, 1.54) is 4.70 Å². The number of aromatic amines is 1. The Labute approximate surface area is 165 Å². The van der Waals surface area contributed by atoms with Gasteiger partial charge < -0.3 is 14.5 Å². The summed E-state index contributed by atoms with van der Waals surface area (Å²) in [4.78, 5) is 27.7. The molecule has 2 aliphatic rings. The Morgan fingerprint density at radius 3 is 2.89 bits per heavy atom. The van der Waals surface area contributed by atoms with Gasteiger partial charge in [0, 0.05) is 43.6 Å². The summed E-state index contributed by atoms with van der Waals surface area (Å²) in [6, 6.07) is 12.3. The number of nitrogens with zero attached hydrogens (tertiary/aromatic N) is 4. The van der Waals surface area contributed by atoms with Crippen LogP contribution in [0.5, 0.6) is 0 Å². The van der Waals surface area contributed by atoms with Crippen LogP contribution >= 0.6 is 11.3 Å². The molecule has 28 heavy (non-hydrogen) atoms. The number of piperidine rings is 1. The number of fused-ring (bicyclic) bond motifs is 5. The zero-order valence-corrected chi connectivity index (χ0v) is 16.0. The highest BCUT2D eigenvalue weighted by Gasteiger charge is 2.36. The average Bonchev–Trinajstić information content (AvgIpc) is 3.38. The molecule has 0 unspecified atom stereocenters. The summed E-state index contributed by atoms with van der Waals surface area (Å²) >= 11 is 1.76. The number of imidazole rings is 1. The number of anilines is 1. The fourth-order valence-electron chi connectivity index (χ4n) is 4.69. The molecule has 2 aliphatic heterocycles. The average molecular weight is 389 g/mol. The second-order valence-corrected chi connectivity index (χ2v) is 8.70. The number of H-pyrrole nitrogens is 1. The summed E-state index contributed by atoms with van der Waals surface area (Å²) in [5.74, 6) is 1.47. The Kier molecular flexibility index (Phi) is 3.46. The van der Waals surface area contributed by atoms with Crippen molar-refractivity contribution in [1.82, 2.24) is 19.5 Å². The number of benzene rings is 1. The number of rotatable bonds is 2. The number of pyridine rings is 1. The Morgan fingerprint density at radius 1 is 1.11 bits per heavy atom. The zero-order chi connectivity index (χ0) is 18.7. The first-order chi connectivity index (χ1) is 13.8. The van der Waals surface area contributed by atoms with Gasteiger partial charge in [-0.15, -0.1) is 0 Å². The molecule has 2 bridgehead atoms. The first-order valence-corrected chi connectivity index (χ1v) is 10.4. The molecule has 5 heterocycles. The van der Waals surface area contributed by atoms with Crippen LogP contribution in [0.15, 0.2) is 53.6 Å². The molecule has 1 N–H and O–H groups in total. The van der Waals surface area contributed by atoms with E-state index in [-0.39, 0.29) is 5.56 Å². The number of nitrogens with one attached hydrogen (secondary N) is 1. The minimum atomic E-state index is 0.0654. The predicted molar refractivity (Wildman–Crippen MR) is 111 cm³/mol. The van der Waals surface area contributed by atoms with Gasteiger partial charge in [-0.1, -0.05) is 23.5 Å². The van der Waals surface area contributed by atoms with Gasteiger partial charge in [0.25, 0.3) is 5.56 Å². The molecule has 140 valence electrons. The standard InChI is InChI=1S/C21H19N5OS/c27-20-15(19-22-7-8-23-19)5-6-17-14-9-13(11-26(17)20)10-25(12-14)21-24-16-3-1-2-4-18(16)28-21/h1-8,13-14H,9-12H2,(H,22,23)/t13-,14+/m0/s1. The maximum Gasteiger partial charge on any atom is 0.261 e. The molecule has 0 saturated carbocycles. The molecule has 2 atom stereocenters. The number of para-hydroxylation sites is 1. The third-order valence-corrected chi connectivity index (χ3v) is 7.01. The monoisotopic (exact) mass is 389 g/mol. The van der Waals surface area contributed by atoms with Crippen molar-refractivity contribution in [2.45, 2.75) is 18.9 Å². The lowest BCUT2D eigenvalue weighted by Crippen LogP contribution is -2.47. The third kappa shape index (κ3) is 2.43. The SMILES string of the molecule is O=c1c(-c2ncc[nH]2)ccc2n1C[C@H]1C[C@@H]2CN(c2nc3ccccc3s2)C1. The molecule has 4 aromatic rings. The largest absolute Gasteiger partial charge is 0.347 e. The highest BCUT2D eigenvalue weighted by atomic mass is 32.1. The molecule has 0 radical (unpaired) electrons. The first-order valence-electron chi connectivity index (χ1n) is 9.60. The van der Waals surface area contributed by atoms with E-state index in [1.807, 2.05) is 16.7 Å². The Hall–Kier alpha value is -2.93. The highest BCUT2D eigenvalue weighted by molar-refractivity contribution is 7.22. The second kappa shape index (κ2) is 6.04. The van der Waals surface area contributed by atoms with E-state index in [2.05, 4.69) is 39.1 Å². The summed E-state index contributed by atoms with van der Waals surface area (Å²) in [7, 11) is 0. The van der Waals surface area contributed by atoms with Crippen LogP contribution in [0.3, 0.4) is 0 Å². The lowest BCUT2D eigenvalue weighted by molar-refractivity contribution is 0.281. The zero-order valence-electron chi connectivity index (χ0n) is 15.2. The van der Waals surface area contributed by atoms with Gasteiger partial charge in [-0.3, -0.25) is 4.79 Å². The van der Waals surface area contributed by atoms with Crippen molar-refractivity contribution in [3.05, 3.63) is 64.8 Å². The van der Waals surface area contributed by atoms with Crippen LogP contribution < -0.4 is 10.5 Å². The van der Waals surface area contributed by atoms with E-state index in [1.54, 1.807) is 23.7 Å². The molecule has 1 fully saturated rings. The van der Waals surface area contributed by atoms with Crippen LogP contribution in [-0.4, -0.2) is 32.6 Å². The van der Waals surface area contributed by atoms with Gasteiger partial charge in [0.15, 0.2) is 5.13 Å². The Morgan fingerprint density at radius 2 is 2.04 bits per heavy atom. The molecule has 0 aliphatic carbocycles. The molecule has 6 nitrogen and oxygen atoms in total. The van der Waals surface area contributed by atoms with Gasteiger partial charge in [-0.25, -0.2) is 9.97 Å². The van der Waals surface area contributed by atoms with E-state index >= 15 is 0 Å². The van der Waals surface area contributed by atoms with Crippen molar-refractivity contribution in [2.24, 2.45) is 5.92 Å². The minimum Gasteiger partial charge on any atom is -0.347 e. The van der Waals surface area contributed by atoms with Gasteiger partial charge in [-0.05, 0) is 36.6 Å². The van der Waals surface area contributed by atoms with E-state index in [9.17, 15) is 4.79 Å². The number of hydrogen-bond acceptors (Lipinski definition) is 5. The summed E-state index contributed by atoms with van der Waals surface area (Å²) in [6.45, 7) is 2.63. The van der Waals surface area contributed by atoms with E-state index in [4.69, 9.17) is 4.98 Å². The molecule has 1 aromatic carbocycles. The quantitative estimate of drug-likeness (QED) is 0.570. The maximum atomic E-state index is 13.1. The number of aromatic nitrogens is 4. The summed E-state index contributed by atoms with van der Waals surface area (Å²) in [5, 5.41) is 1.10. The van der Waals surface area contributed by atoms with Crippen LogP contribution in [0.2, 0.25) is 0 Å². The van der Waals surface area contributed by atoms with Crippen molar-refractivity contribution in [2.75, 3.05) is 18.0 Å². The fourth-order valence-corrected chi connectivity index (χ4v) is 5.67. The minimum absolute atomic E-state index is 0.0654. The first kappa shape index (κ1) is 16.1. The van der Waals surface area contributed by atoms with Gasteiger partial charge in [0.2, 0.25) is 0 Å². The van der Waals surface area contributed by atoms with Crippen molar-refractivity contribution < 1.29 is 0 Å². The van der Waals surface area contributed by atoms with Crippen molar-refractivity contribution in [3.63, 3.8) is 0 Å². The fraction of sp³-hybridized carbons (Fsp3) is 0.286. The lowest BCUT2D eigenvalue weighted by atomic mass is 9.83. The molecule has 7 heteroatoms. The summed E-state index contributed by atoms with van der Waals surface area (Å²) in [6.07, 6.45) is 4.58. The van der Waals surface area contributed by atoms with Crippen molar-refractivity contribution >= 4 is 26.7 Å². The van der Waals surface area contributed by atoms with Crippen LogP contribution in [0, 0.1) is 5.92 Å². The van der Waals surface area contributed by atoms with Gasteiger partial charge in [0.05, 0.1) is 15.8 Å². The van der Waals surface area contributed by atoms with Crippen molar-refractivity contribution in [3.8, 4) is 11.4 Å². The second-order valence-electron chi connectivity index (χ2n) is 7.69. The van der Waals surface area contributed by atoms with E-state index in [0.717, 1.165) is 42.4 Å². The smallest absolute Gasteiger partial charge is 0.261 e. The van der Waals surface area contributed by atoms with Gasteiger partial charge >= 0.3 is 0 Å². The topological polar surface area (TPSA) is 66.8 Å². The van der Waals surface area contributed by atoms with Crippen molar-refractivity contribution in [1.29, 1.82) is 0 Å². The Balaban J connectivity index is 1.37.